The van der Waals surface area contributed by atoms with Gasteiger partial charge in [0.1, 0.15) is 0 Å². The van der Waals surface area contributed by atoms with Crippen LogP contribution in [0.25, 0.3) is 0 Å². The third-order valence-electron chi connectivity index (χ3n) is 3.02. The molecule has 0 saturated carbocycles. The lowest BCUT2D eigenvalue weighted by molar-refractivity contribution is -0.384. The highest BCUT2D eigenvalue weighted by molar-refractivity contribution is 7.89. The fourth-order valence-electron chi connectivity index (χ4n) is 1.90. The first kappa shape index (κ1) is 13.7. The lowest BCUT2D eigenvalue weighted by atomic mass is 10.2. The Morgan fingerprint density at radius 1 is 1.05 bits per heavy atom. The van der Waals surface area contributed by atoms with Crippen LogP contribution in [-0.2, 0) is 14.9 Å². The molecule has 0 aliphatic carbocycles. The van der Waals surface area contributed by atoms with E-state index in [4.69, 9.17) is 4.84 Å². The maximum Gasteiger partial charge on any atom is 0.269 e. The number of sulfonamides is 1. The van der Waals surface area contributed by atoms with Gasteiger partial charge in [-0.05, 0) is 16.6 Å². The number of hydrogen-bond donors (Lipinski definition) is 0. The number of nitro benzene ring substituents is 1. The Hall–Kier alpha value is -2.29. The summed E-state index contributed by atoms with van der Waals surface area (Å²) >= 11 is 0. The van der Waals surface area contributed by atoms with Gasteiger partial charge in [-0.1, -0.05) is 30.3 Å². The molecule has 0 spiro atoms. The number of nitrogens with zero attached hydrogens (tertiary/aromatic N) is 2. The molecule has 0 N–H and O–H groups in total. The van der Waals surface area contributed by atoms with Crippen LogP contribution in [0.2, 0.25) is 0 Å². The van der Waals surface area contributed by atoms with Crippen LogP contribution in [0.3, 0.4) is 0 Å². The monoisotopic (exact) mass is 306 g/mol. The predicted molar refractivity (Wildman–Crippen MR) is 72.4 cm³/mol. The van der Waals surface area contributed by atoms with E-state index in [-0.39, 0.29) is 10.6 Å². The average Bonchev–Trinajstić information content (AvgIpc) is 3.29. The summed E-state index contributed by atoms with van der Waals surface area (Å²) < 4.78 is 25.5. The summed E-state index contributed by atoms with van der Waals surface area (Å²) in [7, 11) is -3.82. The second-order valence-corrected chi connectivity index (χ2v) is 6.16. The Balaban J connectivity index is 1.84. The summed E-state index contributed by atoms with van der Waals surface area (Å²) in [6.45, 7) is 0. The van der Waals surface area contributed by atoms with Gasteiger partial charge in [-0.2, -0.15) is 0 Å². The molecule has 2 aromatic rings. The smallest absolute Gasteiger partial charge is 0.258 e. The van der Waals surface area contributed by atoms with Crippen molar-refractivity contribution in [2.75, 3.05) is 0 Å². The highest BCUT2D eigenvalue weighted by atomic mass is 32.2. The fourth-order valence-corrected chi connectivity index (χ4v) is 3.15. The molecule has 1 saturated heterocycles. The van der Waals surface area contributed by atoms with Gasteiger partial charge in [0, 0.05) is 17.7 Å². The van der Waals surface area contributed by atoms with Gasteiger partial charge >= 0.3 is 0 Å². The fraction of sp³-hybridized carbons (Fsp3) is 0.0769. The molecule has 8 heteroatoms. The molecular weight excluding hydrogens is 296 g/mol. The summed E-state index contributed by atoms with van der Waals surface area (Å²) in [5.74, 6) is 0. The highest BCUT2D eigenvalue weighted by Crippen LogP contribution is 2.42. The van der Waals surface area contributed by atoms with Crippen molar-refractivity contribution in [2.24, 2.45) is 0 Å². The highest BCUT2D eigenvalue weighted by Gasteiger charge is 2.48. The quantitative estimate of drug-likeness (QED) is 0.490. The molecule has 0 aromatic heterocycles. The summed E-state index contributed by atoms with van der Waals surface area (Å²) in [5, 5.41) is 10.6. The van der Waals surface area contributed by atoms with Gasteiger partial charge in [0.2, 0.25) is 0 Å². The van der Waals surface area contributed by atoms with Crippen LogP contribution in [0.1, 0.15) is 11.8 Å². The molecule has 0 radical (unpaired) electrons. The molecule has 3 rings (SSSR count). The minimum atomic E-state index is -3.82. The van der Waals surface area contributed by atoms with E-state index in [1.165, 1.54) is 12.1 Å². The third kappa shape index (κ3) is 2.51. The molecule has 108 valence electrons. The number of non-ortho nitro benzene ring substituents is 1. The summed E-state index contributed by atoms with van der Waals surface area (Å²) in [4.78, 5) is 15.0. The molecule has 1 aliphatic heterocycles. The van der Waals surface area contributed by atoms with E-state index in [0.29, 0.717) is 0 Å². The van der Waals surface area contributed by atoms with Crippen molar-refractivity contribution in [3.05, 3.63) is 70.3 Å². The van der Waals surface area contributed by atoms with E-state index in [0.717, 1.165) is 22.2 Å². The van der Waals surface area contributed by atoms with Crippen LogP contribution in [0.5, 0.6) is 0 Å². The van der Waals surface area contributed by atoms with E-state index < -0.39 is 21.2 Å². The topological polar surface area (TPSA) is 92.8 Å². The molecule has 2 aromatic carbocycles. The van der Waals surface area contributed by atoms with Gasteiger partial charge in [-0.3, -0.25) is 15.0 Å². The zero-order valence-corrected chi connectivity index (χ0v) is 11.4. The van der Waals surface area contributed by atoms with E-state index in [1.807, 2.05) is 6.07 Å². The molecule has 21 heavy (non-hydrogen) atoms. The third-order valence-corrected chi connectivity index (χ3v) is 4.64. The largest absolute Gasteiger partial charge is 0.269 e. The van der Waals surface area contributed by atoms with Crippen molar-refractivity contribution >= 4 is 15.7 Å². The maximum atomic E-state index is 12.3. The molecule has 2 atom stereocenters. The first-order valence-corrected chi connectivity index (χ1v) is 7.45. The van der Waals surface area contributed by atoms with Crippen LogP contribution in [0, 0.1) is 10.1 Å². The van der Waals surface area contributed by atoms with Crippen LogP contribution in [-0.4, -0.2) is 17.8 Å². The van der Waals surface area contributed by atoms with Crippen LogP contribution in [0.4, 0.5) is 5.69 Å². The Bertz CT molecular complexity index is 774. The van der Waals surface area contributed by atoms with Gasteiger partial charge in [-0.25, -0.2) is 8.42 Å². The molecule has 1 heterocycles. The van der Waals surface area contributed by atoms with Crippen molar-refractivity contribution in [1.29, 1.82) is 0 Å². The van der Waals surface area contributed by atoms with Crippen LogP contribution >= 0.6 is 0 Å². The molecule has 0 bridgehead atoms. The van der Waals surface area contributed by atoms with E-state index in [2.05, 4.69) is 0 Å². The normalized spacial score (nSPS) is 21.0. The number of rotatable bonds is 4. The van der Waals surface area contributed by atoms with Crippen molar-refractivity contribution in [3.8, 4) is 0 Å². The number of hydrogen-bond acceptors (Lipinski definition) is 5. The minimum absolute atomic E-state index is 0.0495. The molecule has 1 aliphatic rings. The first-order valence-electron chi connectivity index (χ1n) is 6.01. The second kappa shape index (κ2) is 4.92. The van der Waals surface area contributed by atoms with Crippen molar-refractivity contribution in [3.63, 3.8) is 0 Å². The Morgan fingerprint density at radius 2 is 1.67 bits per heavy atom. The SMILES string of the molecule is O=[N+]([O-])c1ccc(S(=O)(=O)N2OC2c2ccccc2)cc1. The van der Waals surface area contributed by atoms with E-state index >= 15 is 0 Å². The standard InChI is InChI=1S/C13H10N2O5S/c16-14(17)11-6-8-12(9-7-11)21(18,19)15-13(20-15)10-4-2-1-3-5-10/h1-9,13H. The zero-order valence-electron chi connectivity index (χ0n) is 10.6. The van der Waals surface area contributed by atoms with Crippen molar-refractivity contribution in [1.82, 2.24) is 4.47 Å². The van der Waals surface area contributed by atoms with Gasteiger partial charge < -0.3 is 0 Å². The van der Waals surface area contributed by atoms with Gasteiger partial charge in [0.05, 0.1) is 9.82 Å². The molecule has 2 unspecified atom stereocenters. The van der Waals surface area contributed by atoms with E-state index in [9.17, 15) is 18.5 Å². The Kier molecular flexibility index (Phi) is 3.20. The lowest BCUT2D eigenvalue weighted by Gasteiger charge is -2.02. The van der Waals surface area contributed by atoms with Crippen molar-refractivity contribution < 1.29 is 18.2 Å². The number of nitro groups is 1. The molecule has 1 fully saturated rings. The number of hydroxylamine groups is 1. The summed E-state index contributed by atoms with van der Waals surface area (Å²) in [6, 6.07) is 13.6. The van der Waals surface area contributed by atoms with Gasteiger partial charge in [-0.15, -0.1) is 0 Å². The average molecular weight is 306 g/mol. The van der Waals surface area contributed by atoms with Crippen LogP contribution in [0.15, 0.2) is 59.5 Å². The van der Waals surface area contributed by atoms with Gasteiger partial charge in [0.15, 0.2) is 6.23 Å². The minimum Gasteiger partial charge on any atom is -0.258 e. The maximum absolute atomic E-state index is 12.3. The van der Waals surface area contributed by atoms with Gasteiger partial charge in [0.25, 0.3) is 15.7 Å². The first-order chi connectivity index (χ1) is 10.00. The summed E-state index contributed by atoms with van der Waals surface area (Å²) in [5.41, 5.74) is 0.559. The van der Waals surface area contributed by atoms with Crippen LogP contribution < -0.4 is 0 Å². The lowest BCUT2D eigenvalue weighted by Crippen LogP contribution is -2.12. The van der Waals surface area contributed by atoms with E-state index in [1.54, 1.807) is 24.3 Å². The second-order valence-electron chi connectivity index (χ2n) is 4.38. The Morgan fingerprint density at radius 3 is 2.24 bits per heavy atom. The van der Waals surface area contributed by atoms with Crippen molar-refractivity contribution in [2.45, 2.75) is 11.1 Å². The Labute approximate surface area is 120 Å². The summed E-state index contributed by atoms with van der Waals surface area (Å²) in [6.07, 6.45) is -0.647. The predicted octanol–water partition coefficient (Wildman–Crippen LogP) is 2.23. The molecule has 0 amide bonds. The zero-order chi connectivity index (χ0) is 15.0. The molecular formula is C13H10N2O5S. The molecule has 7 nitrogen and oxygen atoms in total. The number of benzene rings is 2.